The Labute approximate surface area is 239 Å². The molecule has 40 heavy (non-hydrogen) atoms. The summed E-state index contributed by atoms with van der Waals surface area (Å²) in [6, 6.07) is 22.3. The lowest BCUT2D eigenvalue weighted by Crippen LogP contribution is -2.54. The van der Waals surface area contributed by atoms with Gasteiger partial charge in [0.05, 0.1) is 10.6 Å². The molecule has 3 aromatic rings. The van der Waals surface area contributed by atoms with Crippen molar-refractivity contribution in [2.75, 3.05) is 10.8 Å². The molecule has 0 heterocycles. The van der Waals surface area contributed by atoms with E-state index in [1.165, 1.54) is 4.90 Å². The first-order valence-electron chi connectivity index (χ1n) is 13.5. The zero-order valence-electron chi connectivity index (χ0n) is 24.5. The van der Waals surface area contributed by atoms with E-state index in [2.05, 4.69) is 19.2 Å². The topological polar surface area (TPSA) is 86.8 Å². The molecule has 2 amide bonds. The Morgan fingerprint density at radius 3 is 1.95 bits per heavy atom. The molecule has 0 bridgehead atoms. The summed E-state index contributed by atoms with van der Waals surface area (Å²) >= 11 is 0. The van der Waals surface area contributed by atoms with Crippen molar-refractivity contribution < 1.29 is 18.0 Å². The summed E-state index contributed by atoms with van der Waals surface area (Å²) in [7, 11) is -4.09. The molecule has 0 fully saturated rings. The van der Waals surface area contributed by atoms with Gasteiger partial charge in [-0.25, -0.2) is 8.42 Å². The summed E-state index contributed by atoms with van der Waals surface area (Å²) in [5.74, 6) is -0.531. The number of nitrogens with one attached hydrogen (secondary N) is 1. The molecule has 0 aliphatic heterocycles. The predicted octanol–water partition coefficient (Wildman–Crippen LogP) is 5.65. The molecule has 7 nitrogen and oxygen atoms in total. The largest absolute Gasteiger partial charge is 0.350 e. The number of nitrogens with zero attached hydrogens (tertiary/aromatic N) is 2. The quantitative estimate of drug-likeness (QED) is 0.346. The Morgan fingerprint density at radius 1 is 0.850 bits per heavy atom. The smallest absolute Gasteiger partial charge is 0.264 e. The average molecular weight is 564 g/mol. The van der Waals surface area contributed by atoms with Crippen LogP contribution >= 0.6 is 0 Å². The van der Waals surface area contributed by atoms with Crippen molar-refractivity contribution in [1.29, 1.82) is 0 Å². The van der Waals surface area contributed by atoms with Crippen LogP contribution in [0.15, 0.2) is 83.8 Å². The van der Waals surface area contributed by atoms with Crippen molar-refractivity contribution >= 4 is 27.5 Å². The van der Waals surface area contributed by atoms with E-state index in [0.717, 1.165) is 21.0 Å². The van der Waals surface area contributed by atoms with Crippen LogP contribution in [-0.4, -0.2) is 43.3 Å². The van der Waals surface area contributed by atoms with E-state index in [0.29, 0.717) is 5.69 Å². The lowest BCUT2D eigenvalue weighted by molar-refractivity contribution is -0.140. The molecule has 0 aliphatic rings. The maximum Gasteiger partial charge on any atom is 0.264 e. The fourth-order valence-electron chi connectivity index (χ4n) is 4.23. The number of hydrogen-bond acceptors (Lipinski definition) is 4. The molecule has 0 radical (unpaired) electrons. The summed E-state index contributed by atoms with van der Waals surface area (Å²) in [5, 5.41) is 2.94. The molecule has 214 valence electrons. The first-order valence-corrected chi connectivity index (χ1v) is 15.0. The van der Waals surface area contributed by atoms with Crippen LogP contribution in [0.2, 0.25) is 0 Å². The van der Waals surface area contributed by atoms with Gasteiger partial charge in [0.15, 0.2) is 0 Å². The van der Waals surface area contributed by atoms with E-state index in [1.54, 1.807) is 43.3 Å². The Hall–Kier alpha value is -3.65. The van der Waals surface area contributed by atoms with Crippen LogP contribution in [0.5, 0.6) is 0 Å². The molecular weight excluding hydrogens is 522 g/mol. The summed E-state index contributed by atoms with van der Waals surface area (Å²) in [4.78, 5) is 28.7. The predicted molar refractivity (Wildman–Crippen MR) is 161 cm³/mol. The monoisotopic (exact) mass is 563 g/mol. The molecule has 0 spiro atoms. The number of anilines is 1. The number of carbonyl (C=O) groups excluding carboxylic acids is 2. The van der Waals surface area contributed by atoms with Crippen molar-refractivity contribution in [2.45, 2.75) is 77.4 Å². The van der Waals surface area contributed by atoms with Crippen molar-refractivity contribution in [3.8, 4) is 0 Å². The van der Waals surface area contributed by atoms with Crippen LogP contribution in [0.25, 0.3) is 0 Å². The Kier molecular flexibility index (Phi) is 9.79. The first-order chi connectivity index (χ1) is 18.7. The molecule has 1 N–H and O–H groups in total. The van der Waals surface area contributed by atoms with E-state index in [9.17, 15) is 18.0 Å². The lowest BCUT2D eigenvalue weighted by Gasteiger charge is -2.33. The highest BCUT2D eigenvalue weighted by atomic mass is 32.2. The van der Waals surface area contributed by atoms with Gasteiger partial charge in [-0.05, 0) is 75.9 Å². The zero-order valence-corrected chi connectivity index (χ0v) is 25.3. The van der Waals surface area contributed by atoms with Gasteiger partial charge in [0.25, 0.3) is 10.0 Å². The highest BCUT2D eigenvalue weighted by molar-refractivity contribution is 7.92. The van der Waals surface area contributed by atoms with E-state index >= 15 is 0 Å². The number of carbonyl (C=O) groups is 2. The molecule has 0 saturated heterocycles. The molecule has 0 saturated carbocycles. The Morgan fingerprint density at radius 2 is 1.43 bits per heavy atom. The summed E-state index contributed by atoms with van der Waals surface area (Å²) in [6.45, 7) is 13.0. The SMILES string of the molecule is Cc1ccc(S(=O)(=O)N(CC(=O)N(Cc2ccccc2)[C@@H](C)C(=O)NC(C)(C)C)c2ccc(C(C)C)cc2)cc1. The highest BCUT2D eigenvalue weighted by Gasteiger charge is 2.33. The summed E-state index contributed by atoms with van der Waals surface area (Å²) < 4.78 is 29.0. The summed E-state index contributed by atoms with van der Waals surface area (Å²) in [6.07, 6.45) is 0. The standard InChI is InChI=1S/C32H41N3O4S/c1-23(2)27-15-17-28(18-16-27)35(40(38,39)29-19-13-24(3)14-20-29)22-30(36)34(21-26-11-9-8-10-12-26)25(4)31(37)33-32(5,6)7/h8-20,23,25H,21-22H2,1-7H3,(H,33,37)/t25-/m0/s1. The maximum atomic E-state index is 14.0. The fraction of sp³-hybridized carbons (Fsp3) is 0.375. The second-order valence-corrected chi connectivity index (χ2v) is 13.4. The van der Waals surface area contributed by atoms with E-state index in [-0.39, 0.29) is 23.3 Å². The van der Waals surface area contributed by atoms with Gasteiger partial charge in [-0.2, -0.15) is 0 Å². The molecule has 3 rings (SSSR count). The van der Waals surface area contributed by atoms with Gasteiger partial charge in [0.1, 0.15) is 12.6 Å². The number of rotatable bonds is 10. The minimum absolute atomic E-state index is 0.0898. The molecular formula is C32H41N3O4S. The van der Waals surface area contributed by atoms with Crippen molar-refractivity contribution in [3.05, 3.63) is 95.6 Å². The second kappa shape index (κ2) is 12.7. The molecule has 0 unspecified atom stereocenters. The first kappa shape index (κ1) is 30.9. The van der Waals surface area contributed by atoms with E-state index in [1.807, 2.05) is 70.2 Å². The van der Waals surface area contributed by atoms with Crippen molar-refractivity contribution in [2.24, 2.45) is 0 Å². The number of amides is 2. The van der Waals surface area contributed by atoms with E-state index in [4.69, 9.17) is 0 Å². The Balaban J connectivity index is 2.04. The van der Waals surface area contributed by atoms with Gasteiger partial charge in [0.2, 0.25) is 11.8 Å². The molecule has 8 heteroatoms. The molecule has 3 aromatic carbocycles. The van der Waals surface area contributed by atoms with Gasteiger partial charge in [-0.15, -0.1) is 0 Å². The van der Waals surface area contributed by atoms with Crippen LogP contribution in [0, 0.1) is 6.92 Å². The third-order valence-corrected chi connectivity index (χ3v) is 8.38. The van der Waals surface area contributed by atoms with Gasteiger partial charge in [-0.1, -0.05) is 74.0 Å². The minimum Gasteiger partial charge on any atom is -0.350 e. The van der Waals surface area contributed by atoms with Crippen LogP contribution in [0.1, 0.15) is 64.2 Å². The van der Waals surface area contributed by atoms with Crippen LogP contribution in [0.3, 0.4) is 0 Å². The van der Waals surface area contributed by atoms with Gasteiger partial charge in [-0.3, -0.25) is 13.9 Å². The molecule has 1 atom stereocenters. The van der Waals surface area contributed by atoms with Gasteiger partial charge in [0, 0.05) is 12.1 Å². The second-order valence-electron chi connectivity index (χ2n) is 11.5. The number of benzene rings is 3. The molecule has 0 aromatic heterocycles. The number of aryl methyl sites for hydroxylation is 1. The number of hydrogen-bond donors (Lipinski definition) is 1. The normalized spacial score (nSPS) is 12.6. The fourth-order valence-corrected chi connectivity index (χ4v) is 5.64. The van der Waals surface area contributed by atoms with Gasteiger partial charge >= 0.3 is 0 Å². The minimum atomic E-state index is -4.09. The average Bonchev–Trinajstić information content (AvgIpc) is 2.89. The number of sulfonamides is 1. The maximum absolute atomic E-state index is 14.0. The summed E-state index contributed by atoms with van der Waals surface area (Å²) in [5.41, 5.74) is 2.70. The van der Waals surface area contributed by atoms with E-state index < -0.39 is 34.1 Å². The van der Waals surface area contributed by atoms with Gasteiger partial charge < -0.3 is 10.2 Å². The van der Waals surface area contributed by atoms with Crippen molar-refractivity contribution in [1.82, 2.24) is 10.2 Å². The van der Waals surface area contributed by atoms with Crippen molar-refractivity contribution in [3.63, 3.8) is 0 Å². The molecule has 0 aliphatic carbocycles. The third kappa shape index (κ3) is 7.94. The third-order valence-electron chi connectivity index (χ3n) is 6.60. The van der Waals surface area contributed by atoms with Crippen LogP contribution in [0.4, 0.5) is 5.69 Å². The highest BCUT2D eigenvalue weighted by Crippen LogP contribution is 2.27. The Bertz CT molecular complexity index is 1400. The van der Waals surface area contributed by atoms with Crippen LogP contribution < -0.4 is 9.62 Å². The zero-order chi connectivity index (χ0) is 29.7. The lowest BCUT2D eigenvalue weighted by atomic mass is 10.0. The van der Waals surface area contributed by atoms with Crippen LogP contribution in [-0.2, 0) is 26.2 Å².